The van der Waals surface area contributed by atoms with Gasteiger partial charge in [0.25, 0.3) is 0 Å². The predicted molar refractivity (Wildman–Crippen MR) is 91.8 cm³/mol. The van der Waals surface area contributed by atoms with Crippen molar-refractivity contribution in [2.45, 2.75) is 44.1 Å². The minimum Gasteiger partial charge on any atom is -0.381 e. The molecule has 22 heavy (non-hydrogen) atoms. The molecule has 0 spiro atoms. The number of benzene rings is 1. The SMILES string of the molecule is CCCC(N)C(=O)NCC1(c2ccc(Br)cc2)CCOCC1. The third kappa shape index (κ3) is 4.31. The van der Waals surface area contributed by atoms with E-state index >= 15 is 0 Å². The topological polar surface area (TPSA) is 64.4 Å². The molecule has 1 unspecified atom stereocenters. The zero-order chi connectivity index (χ0) is 16.0. The molecule has 1 aliphatic heterocycles. The van der Waals surface area contributed by atoms with Gasteiger partial charge in [-0.3, -0.25) is 4.79 Å². The van der Waals surface area contributed by atoms with E-state index < -0.39 is 6.04 Å². The van der Waals surface area contributed by atoms with Crippen molar-refractivity contribution in [1.82, 2.24) is 5.32 Å². The summed E-state index contributed by atoms with van der Waals surface area (Å²) in [6.45, 7) is 4.11. The van der Waals surface area contributed by atoms with Gasteiger partial charge in [0, 0.05) is 29.6 Å². The van der Waals surface area contributed by atoms with Crippen LogP contribution in [0.5, 0.6) is 0 Å². The highest BCUT2D eigenvalue weighted by Crippen LogP contribution is 2.34. The molecule has 0 radical (unpaired) electrons. The number of carbonyl (C=O) groups is 1. The van der Waals surface area contributed by atoms with Gasteiger partial charge in [-0.15, -0.1) is 0 Å². The van der Waals surface area contributed by atoms with Gasteiger partial charge in [-0.2, -0.15) is 0 Å². The van der Waals surface area contributed by atoms with Crippen LogP contribution in [0.1, 0.15) is 38.2 Å². The fourth-order valence-corrected chi connectivity index (χ4v) is 3.23. The van der Waals surface area contributed by atoms with E-state index in [9.17, 15) is 4.79 Å². The molecule has 1 fully saturated rings. The minimum atomic E-state index is -0.410. The minimum absolute atomic E-state index is 0.0511. The summed E-state index contributed by atoms with van der Waals surface area (Å²) in [6.07, 6.45) is 3.47. The van der Waals surface area contributed by atoms with Crippen LogP contribution in [0.4, 0.5) is 0 Å². The second-order valence-corrected chi connectivity index (χ2v) is 6.93. The summed E-state index contributed by atoms with van der Waals surface area (Å²) in [7, 11) is 0. The van der Waals surface area contributed by atoms with Gasteiger partial charge in [-0.05, 0) is 37.0 Å². The quantitative estimate of drug-likeness (QED) is 0.811. The Morgan fingerprint density at radius 2 is 2.00 bits per heavy atom. The van der Waals surface area contributed by atoms with E-state index in [0.717, 1.165) is 43.4 Å². The van der Waals surface area contributed by atoms with Gasteiger partial charge < -0.3 is 15.8 Å². The van der Waals surface area contributed by atoms with Crippen LogP contribution in [0, 0.1) is 0 Å². The summed E-state index contributed by atoms with van der Waals surface area (Å²) in [5.41, 5.74) is 7.10. The fourth-order valence-electron chi connectivity index (χ4n) is 2.96. The maximum absolute atomic E-state index is 12.1. The van der Waals surface area contributed by atoms with E-state index in [0.29, 0.717) is 6.54 Å². The Kier molecular flexibility index (Phi) is 6.41. The summed E-state index contributed by atoms with van der Waals surface area (Å²) in [6, 6.07) is 7.96. The molecule has 0 bridgehead atoms. The van der Waals surface area contributed by atoms with Crippen molar-refractivity contribution in [2.75, 3.05) is 19.8 Å². The van der Waals surface area contributed by atoms with Crippen molar-refractivity contribution in [2.24, 2.45) is 5.73 Å². The molecule has 0 aromatic heterocycles. The molecular weight excluding hydrogens is 344 g/mol. The number of halogens is 1. The van der Waals surface area contributed by atoms with Crippen molar-refractivity contribution in [3.05, 3.63) is 34.3 Å². The summed E-state index contributed by atoms with van der Waals surface area (Å²) in [4.78, 5) is 12.1. The van der Waals surface area contributed by atoms with E-state index in [1.165, 1.54) is 5.56 Å². The Labute approximate surface area is 140 Å². The highest BCUT2D eigenvalue weighted by molar-refractivity contribution is 9.10. The Morgan fingerprint density at radius 3 is 2.59 bits per heavy atom. The van der Waals surface area contributed by atoms with Gasteiger partial charge in [0.15, 0.2) is 0 Å². The zero-order valence-electron chi connectivity index (χ0n) is 13.1. The average Bonchev–Trinajstić information content (AvgIpc) is 2.54. The molecule has 5 heteroatoms. The maximum atomic E-state index is 12.1. The maximum Gasteiger partial charge on any atom is 0.236 e. The Morgan fingerprint density at radius 1 is 1.36 bits per heavy atom. The van der Waals surface area contributed by atoms with Gasteiger partial charge >= 0.3 is 0 Å². The molecule has 1 amide bonds. The molecular formula is C17H25BrN2O2. The Hall–Kier alpha value is -0.910. The number of ether oxygens (including phenoxy) is 1. The molecule has 1 saturated heterocycles. The zero-order valence-corrected chi connectivity index (χ0v) is 14.7. The fraction of sp³-hybridized carbons (Fsp3) is 0.588. The molecule has 0 saturated carbocycles. The molecule has 3 N–H and O–H groups in total. The molecule has 1 aliphatic rings. The first kappa shape index (κ1) is 17.4. The Bertz CT molecular complexity index is 484. The molecule has 0 aliphatic carbocycles. The van der Waals surface area contributed by atoms with E-state index in [2.05, 4.69) is 45.5 Å². The molecule has 1 heterocycles. The Balaban J connectivity index is 2.09. The number of carbonyl (C=O) groups excluding carboxylic acids is 1. The van der Waals surface area contributed by atoms with Crippen molar-refractivity contribution >= 4 is 21.8 Å². The molecule has 1 atom stereocenters. The van der Waals surface area contributed by atoms with E-state index in [-0.39, 0.29) is 11.3 Å². The van der Waals surface area contributed by atoms with Crippen LogP contribution in [-0.4, -0.2) is 31.7 Å². The van der Waals surface area contributed by atoms with Crippen molar-refractivity contribution in [1.29, 1.82) is 0 Å². The predicted octanol–water partition coefficient (Wildman–Crippen LogP) is 2.74. The smallest absolute Gasteiger partial charge is 0.236 e. The van der Waals surface area contributed by atoms with Crippen molar-refractivity contribution in [3.8, 4) is 0 Å². The highest BCUT2D eigenvalue weighted by atomic mass is 79.9. The number of nitrogens with one attached hydrogen (secondary N) is 1. The average molecular weight is 369 g/mol. The van der Waals surface area contributed by atoms with Crippen LogP contribution in [0.25, 0.3) is 0 Å². The second kappa shape index (κ2) is 8.09. The van der Waals surface area contributed by atoms with Crippen LogP contribution in [0.3, 0.4) is 0 Å². The van der Waals surface area contributed by atoms with Gasteiger partial charge in [-0.25, -0.2) is 0 Å². The third-order valence-corrected chi connectivity index (χ3v) is 4.97. The first-order chi connectivity index (χ1) is 10.6. The largest absolute Gasteiger partial charge is 0.381 e. The number of hydrogen-bond donors (Lipinski definition) is 2. The van der Waals surface area contributed by atoms with Crippen LogP contribution < -0.4 is 11.1 Å². The highest BCUT2D eigenvalue weighted by Gasteiger charge is 2.35. The number of amides is 1. The van der Waals surface area contributed by atoms with E-state index in [1.54, 1.807) is 0 Å². The first-order valence-corrected chi connectivity index (χ1v) is 8.74. The molecule has 2 rings (SSSR count). The number of rotatable bonds is 6. The molecule has 122 valence electrons. The standard InChI is InChI=1S/C17H25BrN2O2/c1-2-3-15(19)16(21)20-12-17(8-10-22-11-9-17)13-4-6-14(18)7-5-13/h4-7,15H,2-3,8-12,19H2,1H3,(H,20,21). The number of hydrogen-bond acceptors (Lipinski definition) is 3. The molecule has 1 aromatic rings. The van der Waals surface area contributed by atoms with Crippen molar-refractivity contribution in [3.63, 3.8) is 0 Å². The van der Waals surface area contributed by atoms with Crippen molar-refractivity contribution < 1.29 is 9.53 Å². The normalized spacial score (nSPS) is 18.7. The lowest BCUT2D eigenvalue weighted by atomic mass is 9.74. The van der Waals surface area contributed by atoms with Gasteiger partial charge in [0.2, 0.25) is 5.91 Å². The van der Waals surface area contributed by atoms with Crippen LogP contribution >= 0.6 is 15.9 Å². The van der Waals surface area contributed by atoms with Gasteiger partial charge in [0.1, 0.15) is 0 Å². The number of nitrogens with two attached hydrogens (primary N) is 1. The first-order valence-electron chi connectivity index (χ1n) is 7.94. The summed E-state index contributed by atoms with van der Waals surface area (Å²) in [5, 5.41) is 3.06. The molecule has 1 aromatic carbocycles. The van der Waals surface area contributed by atoms with Gasteiger partial charge in [-0.1, -0.05) is 41.4 Å². The third-order valence-electron chi connectivity index (χ3n) is 4.44. The second-order valence-electron chi connectivity index (χ2n) is 6.01. The lowest BCUT2D eigenvalue weighted by molar-refractivity contribution is -0.123. The lowest BCUT2D eigenvalue weighted by Crippen LogP contribution is -2.48. The monoisotopic (exact) mass is 368 g/mol. The van der Waals surface area contributed by atoms with Crippen LogP contribution in [0.15, 0.2) is 28.7 Å². The van der Waals surface area contributed by atoms with Gasteiger partial charge in [0.05, 0.1) is 6.04 Å². The summed E-state index contributed by atoms with van der Waals surface area (Å²) in [5.74, 6) is -0.0511. The van der Waals surface area contributed by atoms with Crippen LogP contribution in [0.2, 0.25) is 0 Å². The lowest BCUT2D eigenvalue weighted by Gasteiger charge is -2.38. The summed E-state index contributed by atoms with van der Waals surface area (Å²) < 4.78 is 6.58. The van der Waals surface area contributed by atoms with Crippen LogP contribution in [-0.2, 0) is 14.9 Å². The summed E-state index contributed by atoms with van der Waals surface area (Å²) >= 11 is 3.47. The van der Waals surface area contributed by atoms with E-state index in [4.69, 9.17) is 10.5 Å². The molecule has 4 nitrogen and oxygen atoms in total. The van der Waals surface area contributed by atoms with E-state index in [1.807, 2.05) is 6.92 Å².